The molecule has 0 aliphatic carbocycles. The second-order valence-corrected chi connectivity index (χ2v) is 7.30. The largest absolute Gasteiger partial charge is 0.417 e. The topological polar surface area (TPSA) is 72.0 Å². The number of alkyl halides is 3. The van der Waals surface area contributed by atoms with Crippen LogP contribution in [0.4, 0.5) is 13.2 Å². The van der Waals surface area contributed by atoms with Crippen LogP contribution in [0.5, 0.6) is 0 Å². The van der Waals surface area contributed by atoms with E-state index in [9.17, 15) is 18.3 Å². The number of aliphatic hydroxyl groups excluding tert-OH is 1. The number of aryl methyl sites for hydroxylation is 1. The van der Waals surface area contributed by atoms with Crippen LogP contribution in [-0.4, -0.2) is 41.3 Å². The summed E-state index contributed by atoms with van der Waals surface area (Å²) in [5.74, 6) is 0.628. The lowest BCUT2D eigenvalue weighted by Crippen LogP contribution is -2.38. The lowest BCUT2D eigenvalue weighted by molar-refractivity contribution is -0.137. The van der Waals surface area contributed by atoms with Gasteiger partial charge in [-0.05, 0) is 13.0 Å². The Hall–Kier alpha value is -2.43. The Morgan fingerprint density at radius 2 is 2.03 bits per heavy atom. The molecule has 7 nitrogen and oxygen atoms in total. The first-order chi connectivity index (χ1) is 13.7. The number of rotatable bonds is 3. The first-order valence-corrected chi connectivity index (χ1v) is 9.30. The highest BCUT2D eigenvalue weighted by Gasteiger charge is 2.38. The standard InChI is InChI=1S/C18H18ClF3N6O/c1-10-16-13(28(25-23-16)14-7-8-26(2)24-14)6-9-27(10)17(29)11-4-3-5-12(15(11)19)18(20,21)22/h3-5,7-8,10,17,29H,6,9H2,1-2H3/t10-,17?/m0/s1. The van der Waals surface area contributed by atoms with E-state index in [1.807, 2.05) is 13.0 Å². The minimum atomic E-state index is -4.60. The summed E-state index contributed by atoms with van der Waals surface area (Å²) >= 11 is 5.99. The maximum absolute atomic E-state index is 13.2. The number of fused-ring (bicyclic) bond motifs is 1. The second kappa shape index (κ2) is 7.12. The van der Waals surface area contributed by atoms with Gasteiger partial charge in [0.2, 0.25) is 0 Å². The molecule has 0 radical (unpaired) electrons. The van der Waals surface area contributed by atoms with E-state index in [1.165, 1.54) is 12.1 Å². The van der Waals surface area contributed by atoms with Crippen molar-refractivity contribution in [2.24, 2.45) is 7.05 Å². The monoisotopic (exact) mass is 426 g/mol. The molecule has 1 N–H and O–H groups in total. The molecule has 2 aromatic heterocycles. The van der Waals surface area contributed by atoms with Crippen molar-refractivity contribution in [2.45, 2.75) is 31.8 Å². The number of benzene rings is 1. The zero-order valence-electron chi connectivity index (χ0n) is 15.6. The van der Waals surface area contributed by atoms with Crippen molar-refractivity contribution in [3.63, 3.8) is 0 Å². The molecule has 0 spiro atoms. The van der Waals surface area contributed by atoms with Crippen LogP contribution in [-0.2, 0) is 19.6 Å². The third kappa shape index (κ3) is 3.41. The fourth-order valence-electron chi connectivity index (χ4n) is 3.64. The molecule has 3 heterocycles. The van der Waals surface area contributed by atoms with Gasteiger partial charge in [0, 0.05) is 37.8 Å². The van der Waals surface area contributed by atoms with Gasteiger partial charge in [0.15, 0.2) is 5.82 Å². The first-order valence-electron chi connectivity index (χ1n) is 8.92. The van der Waals surface area contributed by atoms with Crippen LogP contribution < -0.4 is 0 Å². The molecular formula is C18H18ClF3N6O. The Balaban J connectivity index is 1.65. The van der Waals surface area contributed by atoms with Gasteiger partial charge in [-0.3, -0.25) is 9.58 Å². The van der Waals surface area contributed by atoms with E-state index in [0.717, 1.165) is 11.8 Å². The maximum atomic E-state index is 13.2. The Kier molecular flexibility index (Phi) is 4.88. The Morgan fingerprint density at radius 3 is 2.69 bits per heavy atom. The molecule has 154 valence electrons. The fourth-order valence-corrected chi connectivity index (χ4v) is 3.97. The molecule has 2 atom stereocenters. The SMILES string of the molecule is C[C@H]1c2nnn(-c3ccn(C)n3)c2CCN1C(O)c1cccc(C(F)(F)F)c1Cl. The molecule has 0 fully saturated rings. The highest BCUT2D eigenvalue weighted by atomic mass is 35.5. The van der Waals surface area contributed by atoms with Crippen LogP contribution in [0.3, 0.4) is 0 Å². The van der Waals surface area contributed by atoms with Crippen molar-refractivity contribution in [2.75, 3.05) is 6.54 Å². The normalized spacial score (nSPS) is 18.7. The molecule has 1 aliphatic rings. The highest BCUT2D eigenvalue weighted by molar-refractivity contribution is 6.32. The summed E-state index contributed by atoms with van der Waals surface area (Å²) in [4.78, 5) is 1.65. The van der Waals surface area contributed by atoms with Gasteiger partial charge in [0.05, 0.1) is 22.3 Å². The summed E-state index contributed by atoms with van der Waals surface area (Å²) in [5.41, 5.74) is 0.537. The minimum absolute atomic E-state index is 0.00825. The third-order valence-corrected chi connectivity index (χ3v) is 5.56. The summed E-state index contributed by atoms with van der Waals surface area (Å²) in [5, 5.41) is 23.1. The summed E-state index contributed by atoms with van der Waals surface area (Å²) < 4.78 is 42.8. The lowest BCUT2D eigenvalue weighted by Gasteiger charge is -2.36. The van der Waals surface area contributed by atoms with Gasteiger partial charge in [-0.15, -0.1) is 5.10 Å². The molecule has 1 aromatic carbocycles. The molecule has 1 aliphatic heterocycles. The van der Waals surface area contributed by atoms with Crippen molar-refractivity contribution in [1.29, 1.82) is 0 Å². The minimum Gasteiger partial charge on any atom is -0.374 e. The quantitative estimate of drug-likeness (QED) is 0.696. The van der Waals surface area contributed by atoms with Crippen LogP contribution in [0.25, 0.3) is 5.82 Å². The van der Waals surface area contributed by atoms with Crippen molar-refractivity contribution < 1.29 is 18.3 Å². The molecule has 11 heteroatoms. The van der Waals surface area contributed by atoms with Gasteiger partial charge in [0.25, 0.3) is 0 Å². The maximum Gasteiger partial charge on any atom is 0.417 e. The van der Waals surface area contributed by atoms with Gasteiger partial charge < -0.3 is 5.11 Å². The van der Waals surface area contributed by atoms with Gasteiger partial charge in [-0.1, -0.05) is 28.9 Å². The average Bonchev–Trinajstić information content (AvgIpc) is 3.27. The van der Waals surface area contributed by atoms with Gasteiger partial charge in [-0.2, -0.15) is 23.0 Å². The highest BCUT2D eigenvalue weighted by Crippen LogP contribution is 2.41. The molecule has 0 amide bonds. The second-order valence-electron chi connectivity index (χ2n) is 6.92. The predicted molar refractivity (Wildman–Crippen MR) is 98.4 cm³/mol. The van der Waals surface area contributed by atoms with Crippen molar-refractivity contribution in [3.8, 4) is 5.82 Å². The van der Waals surface area contributed by atoms with E-state index in [0.29, 0.717) is 24.5 Å². The molecule has 29 heavy (non-hydrogen) atoms. The number of aliphatic hydroxyl groups is 1. The van der Waals surface area contributed by atoms with E-state index in [2.05, 4.69) is 15.4 Å². The van der Waals surface area contributed by atoms with Crippen LogP contribution >= 0.6 is 11.6 Å². The molecule has 4 rings (SSSR count). The average molecular weight is 427 g/mol. The number of halogens is 4. The van der Waals surface area contributed by atoms with Crippen LogP contribution in [0.15, 0.2) is 30.5 Å². The van der Waals surface area contributed by atoms with Crippen molar-refractivity contribution in [3.05, 3.63) is 58.0 Å². The number of nitrogens with zero attached hydrogens (tertiary/aromatic N) is 6. The van der Waals surface area contributed by atoms with Gasteiger partial charge in [-0.25, -0.2) is 0 Å². The molecule has 3 aromatic rings. The number of aromatic nitrogens is 5. The smallest absolute Gasteiger partial charge is 0.374 e. The third-order valence-electron chi connectivity index (χ3n) is 5.14. The van der Waals surface area contributed by atoms with E-state index < -0.39 is 23.0 Å². The van der Waals surface area contributed by atoms with Crippen LogP contribution in [0.2, 0.25) is 5.02 Å². The fraction of sp³-hybridized carbons (Fsp3) is 0.389. The number of hydrogen-bond donors (Lipinski definition) is 1. The van der Waals surface area contributed by atoms with Crippen LogP contribution in [0, 0.1) is 0 Å². The van der Waals surface area contributed by atoms with Gasteiger partial charge in [0.1, 0.15) is 11.9 Å². The van der Waals surface area contributed by atoms with Crippen molar-refractivity contribution >= 4 is 11.6 Å². The molecular weight excluding hydrogens is 409 g/mol. The van der Waals surface area contributed by atoms with Gasteiger partial charge >= 0.3 is 6.18 Å². The van der Waals surface area contributed by atoms with E-state index in [4.69, 9.17) is 11.6 Å². The Bertz CT molecular complexity index is 1050. The van der Waals surface area contributed by atoms with Crippen LogP contribution in [0.1, 0.15) is 41.7 Å². The first kappa shape index (κ1) is 19.9. The zero-order chi connectivity index (χ0) is 20.9. The summed E-state index contributed by atoms with van der Waals surface area (Å²) in [7, 11) is 1.80. The van der Waals surface area contributed by atoms with E-state index in [1.54, 1.807) is 27.5 Å². The van der Waals surface area contributed by atoms with E-state index in [-0.39, 0.29) is 11.6 Å². The molecule has 0 saturated carbocycles. The Labute approximate surface area is 169 Å². The number of hydrogen-bond acceptors (Lipinski definition) is 5. The summed E-state index contributed by atoms with van der Waals surface area (Å²) in [6.07, 6.45) is -3.62. The summed E-state index contributed by atoms with van der Waals surface area (Å²) in [6, 6.07) is 4.97. The lowest BCUT2D eigenvalue weighted by atomic mass is 10.0. The van der Waals surface area contributed by atoms with E-state index >= 15 is 0 Å². The molecule has 1 unspecified atom stereocenters. The molecule has 0 saturated heterocycles. The van der Waals surface area contributed by atoms with Crippen molar-refractivity contribution in [1.82, 2.24) is 29.7 Å². The zero-order valence-corrected chi connectivity index (χ0v) is 16.4. The molecule has 0 bridgehead atoms. The summed E-state index contributed by atoms with van der Waals surface area (Å²) in [6.45, 7) is 2.21. The predicted octanol–water partition coefficient (Wildman–Crippen LogP) is 3.28. The Morgan fingerprint density at radius 1 is 1.28 bits per heavy atom.